The molecule has 130 valence electrons. The first-order valence-corrected chi connectivity index (χ1v) is 7.73. The molecule has 3 rings (SSSR count). The standard InChI is InChI=1S/C18H13ClF3NO2/c1-10-6-13-7-11(17(24)25)3-5-16(13)23(10)9-12-2-4-14(8-15(12)19)18(20,21)22/h2-8H,9H2,1H3,(H,24,25). The Labute approximate surface area is 146 Å². The summed E-state index contributed by atoms with van der Waals surface area (Å²) < 4.78 is 40.1. The SMILES string of the molecule is Cc1cc2cc(C(=O)O)ccc2n1Cc1ccc(C(F)(F)F)cc1Cl. The lowest BCUT2D eigenvalue weighted by Gasteiger charge is -2.13. The van der Waals surface area contributed by atoms with Crippen LogP contribution in [0.5, 0.6) is 0 Å². The van der Waals surface area contributed by atoms with E-state index in [-0.39, 0.29) is 10.6 Å². The minimum atomic E-state index is -4.44. The van der Waals surface area contributed by atoms with Crippen LogP contribution >= 0.6 is 11.6 Å². The Balaban J connectivity index is 2.01. The summed E-state index contributed by atoms with van der Waals surface area (Å²) in [5.74, 6) is -1.02. The molecule has 0 bridgehead atoms. The molecular weight excluding hydrogens is 355 g/mol. The highest BCUT2D eigenvalue weighted by Gasteiger charge is 2.30. The predicted molar refractivity (Wildman–Crippen MR) is 89.2 cm³/mol. The van der Waals surface area contributed by atoms with Gasteiger partial charge in [-0.05, 0) is 48.9 Å². The molecular formula is C18H13ClF3NO2. The van der Waals surface area contributed by atoms with E-state index in [1.165, 1.54) is 12.1 Å². The van der Waals surface area contributed by atoms with E-state index in [9.17, 15) is 18.0 Å². The highest BCUT2D eigenvalue weighted by molar-refractivity contribution is 6.31. The second-order valence-corrected chi connectivity index (χ2v) is 6.16. The maximum Gasteiger partial charge on any atom is 0.416 e. The first-order valence-electron chi connectivity index (χ1n) is 7.35. The summed E-state index contributed by atoms with van der Waals surface area (Å²) in [5.41, 5.74) is 1.59. The van der Waals surface area contributed by atoms with Crippen LogP contribution < -0.4 is 0 Å². The van der Waals surface area contributed by atoms with Gasteiger partial charge in [0.1, 0.15) is 0 Å². The Bertz CT molecular complexity index is 976. The third-order valence-corrected chi connectivity index (χ3v) is 4.42. The molecule has 0 radical (unpaired) electrons. The Morgan fingerprint density at radius 1 is 1.16 bits per heavy atom. The van der Waals surface area contributed by atoms with Crippen LogP contribution in [0.15, 0.2) is 42.5 Å². The molecule has 0 aliphatic heterocycles. The first-order chi connectivity index (χ1) is 11.7. The Morgan fingerprint density at radius 2 is 1.88 bits per heavy atom. The molecule has 25 heavy (non-hydrogen) atoms. The number of rotatable bonds is 3. The van der Waals surface area contributed by atoms with Gasteiger partial charge in [-0.3, -0.25) is 0 Å². The molecule has 0 spiro atoms. The van der Waals surface area contributed by atoms with Gasteiger partial charge < -0.3 is 9.67 Å². The van der Waals surface area contributed by atoms with Crippen molar-refractivity contribution < 1.29 is 23.1 Å². The van der Waals surface area contributed by atoms with E-state index in [0.29, 0.717) is 12.1 Å². The summed E-state index contributed by atoms with van der Waals surface area (Å²) in [6, 6.07) is 9.86. The molecule has 0 saturated heterocycles. The number of alkyl halides is 3. The summed E-state index contributed by atoms with van der Waals surface area (Å²) >= 11 is 6.03. The van der Waals surface area contributed by atoms with E-state index in [0.717, 1.165) is 28.7 Å². The van der Waals surface area contributed by atoms with Crippen LogP contribution in [-0.2, 0) is 12.7 Å². The molecule has 2 aromatic carbocycles. The van der Waals surface area contributed by atoms with Crippen molar-refractivity contribution in [3.63, 3.8) is 0 Å². The average molecular weight is 368 g/mol. The molecule has 0 saturated carbocycles. The molecule has 0 aliphatic rings. The zero-order valence-electron chi connectivity index (χ0n) is 13.1. The van der Waals surface area contributed by atoms with Crippen molar-refractivity contribution in [2.45, 2.75) is 19.6 Å². The number of benzene rings is 2. The Hall–Kier alpha value is -2.47. The van der Waals surface area contributed by atoms with Gasteiger partial charge in [-0.25, -0.2) is 4.79 Å². The molecule has 0 amide bonds. The maximum atomic E-state index is 12.7. The Morgan fingerprint density at radius 3 is 2.48 bits per heavy atom. The van der Waals surface area contributed by atoms with Crippen molar-refractivity contribution >= 4 is 28.5 Å². The summed E-state index contributed by atoms with van der Waals surface area (Å²) in [6.07, 6.45) is -4.44. The van der Waals surface area contributed by atoms with Crippen molar-refractivity contribution in [1.29, 1.82) is 0 Å². The van der Waals surface area contributed by atoms with Crippen molar-refractivity contribution in [2.24, 2.45) is 0 Å². The summed E-state index contributed by atoms with van der Waals surface area (Å²) in [5, 5.41) is 9.86. The predicted octanol–water partition coefficient (Wildman–Crippen LogP) is 5.37. The number of halogens is 4. The second kappa shape index (κ2) is 6.11. The number of hydrogen-bond donors (Lipinski definition) is 1. The quantitative estimate of drug-likeness (QED) is 0.676. The van der Waals surface area contributed by atoms with E-state index in [4.69, 9.17) is 16.7 Å². The number of carbonyl (C=O) groups is 1. The average Bonchev–Trinajstić information content (AvgIpc) is 2.83. The molecule has 0 atom stereocenters. The molecule has 1 heterocycles. The van der Waals surface area contributed by atoms with Gasteiger partial charge >= 0.3 is 12.1 Å². The fourth-order valence-electron chi connectivity index (χ4n) is 2.77. The number of aromatic nitrogens is 1. The van der Waals surface area contributed by atoms with Crippen LogP contribution in [0.3, 0.4) is 0 Å². The topological polar surface area (TPSA) is 42.2 Å². The summed E-state index contributed by atoms with van der Waals surface area (Å²) in [6.45, 7) is 2.14. The molecule has 0 unspecified atom stereocenters. The molecule has 7 heteroatoms. The van der Waals surface area contributed by atoms with Crippen LogP contribution in [-0.4, -0.2) is 15.6 Å². The zero-order chi connectivity index (χ0) is 18.4. The van der Waals surface area contributed by atoms with Crippen molar-refractivity contribution in [1.82, 2.24) is 4.57 Å². The van der Waals surface area contributed by atoms with Crippen molar-refractivity contribution in [3.05, 3.63) is 69.9 Å². The third kappa shape index (κ3) is 3.35. The number of fused-ring (bicyclic) bond motifs is 1. The monoisotopic (exact) mass is 367 g/mol. The number of carboxylic acid groups (broad SMARTS) is 1. The van der Waals surface area contributed by atoms with Gasteiger partial charge in [0.2, 0.25) is 0 Å². The molecule has 0 fully saturated rings. The molecule has 1 N–H and O–H groups in total. The smallest absolute Gasteiger partial charge is 0.416 e. The van der Waals surface area contributed by atoms with Gasteiger partial charge in [-0.1, -0.05) is 17.7 Å². The van der Waals surface area contributed by atoms with E-state index in [1.807, 2.05) is 17.6 Å². The molecule has 1 aromatic heterocycles. The van der Waals surface area contributed by atoms with Crippen molar-refractivity contribution in [3.8, 4) is 0 Å². The minimum Gasteiger partial charge on any atom is -0.478 e. The van der Waals surface area contributed by atoms with Gasteiger partial charge in [-0.2, -0.15) is 13.2 Å². The van der Waals surface area contributed by atoms with Crippen LogP contribution in [0.2, 0.25) is 5.02 Å². The van der Waals surface area contributed by atoms with Crippen LogP contribution in [0.4, 0.5) is 13.2 Å². The molecule has 3 aromatic rings. The van der Waals surface area contributed by atoms with Crippen LogP contribution in [0.1, 0.15) is 27.2 Å². The number of carboxylic acids is 1. The maximum absolute atomic E-state index is 12.7. The fourth-order valence-corrected chi connectivity index (χ4v) is 3.01. The van der Waals surface area contributed by atoms with E-state index in [2.05, 4.69) is 0 Å². The van der Waals surface area contributed by atoms with Crippen LogP contribution in [0, 0.1) is 6.92 Å². The number of aromatic carboxylic acids is 1. The lowest BCUT2D eigenvalue weighted by molar-refractivity contribution is -0.137. The largest absolute Gasteiger partial charge is 0.478 e. The summed E-state index contributed by atoms with van der Waals surface area (Å²) in [7, 11) is 0. The molecule has 3 nitrogen and oxygen atoms in total. The fraction of sp³-hybridized carbons (Fsp3) is 0.167. The number of aryl methyl sites for hydroxylation is 1. The highest BCUT2D eigenvalue weighted by atomic mass is 35.5. The highest BCUT2D eigenvalue weighted by Crippen LogP contribution is 2.33. The van der Waals surface area contributed by atoms with E-state index < -0.39 is 17.7 Å². The van der Waals surface area contributed by atoms with Gasteiger partial charge in [0, 0.05) is 28.2 Å². The zero-order valence-corrected chi connectivity index (χ0v) is 13.8. The number of nitrogens with zero attached hydrogens (tertiary/aromatic N) is 1. The normalized spacial score (nSPS) is 11.9. The first kappa shape index (κ1) is 17.4. The van der Waals surface area contributed by atoms with E-state index >= 15 is 0 Å². The van der Waals surface area contributed by atoms with Crippen LogP contribution in [0.25, 0.3) is 10.9 Å². The third-order valence-electron chi connectivity index (χ3n) is 4.06. The van der Waals surface area contributed by atoms with Crippen molar-refractivity contribution in [2.75, 3.05) is 0 Å². The van der Waals surface area contributed by atoms with Gasteiger partial charge in [0.05, 0.1) is 11.1 Å². The van der Waals surface area contributed by atoms with Gasteiger partial charge in [-0.15, -0.1) is 0 Å². The second-order valence-electron chi connectivity index (χ2n) is 5.75. The lowest BCUT2D eigenvalue weighted by atomic mass is 10.1. The summed E-state index contributed by atoms with van der Waals surface area (Å²) in [4.78, 5) is 11.1. The van der Waals surface area contributed by atoms with Gasteiger partial charge in [0.25, 0.3) is 0 Å². The number of hydrogen-bond acceptors (Lipinski definition) is 1. The molecule has 0 aliphatic carbocycles. The Kier molecular flexibility index (Phi) is 4.24. The van der Waals surface area contributed by atoms with E-state index in [1.54, 1.807) is 12.1 Å². The lowest BCUT2D eigenvalue weighted by Crippen LogP contribution is -2.07. The van der Waals surface area contributed by atoms with Gasteiger partial charge in [0.15, 0.2) is 0 Å². The minimum absolute atomic E-state index is 0.0400.